The molecule has 4 rings (SSSR count). The molecule has 2 fully saturated rings. The highest BCUT2D eigenvalue weighted by molar-refractivity contribution is 6.01. The van der Waals surface area contributed by atoms with Gasteiger partial charge in [0, 0.05) is 31.3 Å². The molecular formula is C28H34N4O4. The topological polar surface area (TPSA) is 99.7 Å². The van der Waals surface area contributed by atoms with Crippen LogP contribution < -0.4 is 5.32 Å². The Kier molecular flexibility index (Phi) is 7.82. The van der Waals surface area contributed by atoms with E-state index in [0.717, 1.165) is 0 Å². The Morgan fingerprint density at radius 2 is 1.81 bits per heavy atom. The van der Waals surface area contributed by atoms with Crippen LogP contribution >= 0.6 is 0 Å². The molecule has 1 aromatic heterocycles. The second-order valence-corrected chi connectivity index (χ2v) is 10.1. The van der Waals surface area contributed by atoms with E-state index in [0.29, 0.717) is 49.5 Å². The first-order valence-electron chi connectivity index (χ1n) is 12.7. The minimum absolute atomic E-state index is 0.00819. The van der Waals surface area contributed by atoms with E-state index in [1.54, 1.807) is 34.2 Å². The summed E-state index contributed by atoms with van der Waals surface area (Å²) >= 11 is 0. The van der Waals surface area contributed by atoms with Crippen LogP contribution in [0, 0.1) is 5.92 Å². The average molecular weight is 491 g/mol. The molecule has 1 aromatic carbocycles. The van der Waals surface area contributed by atoms with Crippen LogP contribution in [-0.4, -0.2) is 70.0 Å². The molecule has 1 N–H and O–H groups in total. The molecule has 2 aliphatic heterocycles. The number of Topliss-reactive ketones (excluding diaryl/α,β-unsaturated/α-hetero) is 1. The van der Waals surface area contributed by atoms with E-state index in [9.17, 15) is 19.2 Å². The summed E-state index contributed by atoms with van der Waals surface area (Å²) in [4.78, 5) is 58.5. The van der Waals surface area contributed by atoms with Crippen LogP contribution in [0.4, 0.5) is 0 Å². The number of nitrogens with one attached hydrogen (secondary N) is 1. The third-order valence-electron chi connectivity index (χ3n) is 7.17. The summed E-state index contributed by atoms with van der Waals surface area (Å²) in [5, 5.41) is 2.93. The molecule has 0 saturated carbocycles. The first-order valence-corrected chi connectivity index (χ1v) is 12.7. The van der Waals surface area contributed by atoms with Gasteiger partial charge in [-0.3, -0.25) is 24.2 Å². The average Bonchev–Trinajstić information content (AvgIpc) is 3.45. The molecule has 36 heavy (non-hydrogen) atoms. The number of nitrogens with zero attached hydrogens (tertiary/aromatic N) is 3. The van der Waals surface area contributed by atoms with E-state index in [1.807, 2.05) is 31.2 Å². The van der Waals surface area contributed by atoms with Crippen molar-refractivity contribution in [2.45, 2.75) is 58.0 Å². The number of carbonyl (C=O) groups excluding carboxylic acids is 4. The number of benzene rings is 1. The predicted octanol–water partition coefficient (Wildman–Crippen LogP) is 3.05. The molecule has 8 heteroatoms. The zero-order valence-corrected chi connectivity index (χ0v) is 21.1. The van der Waals surface area contributed by atoms with Gasteiger partial charge in [-0.05, 0) is 54.5 Å². The van der Waals surface area contributed by atoms with E-state index < -0.39 is 6.04 Å². The van der Waals surface area contributed by atoms with Gasteiger partial charge in [0.25, 0.3) is 11.8 Å². The fourth-order valence-electron chi connectivity index (χ4n) is 5.08. The largest absolute Gasteiger partial charge is 0.352 e. The second-order valence-electron chi connectivity index (χ2n) is 10.1. The van der Waals surface area contributed by atoms with Gasteiger partial charge in [-0.15, -0.1) is 0 Å². The Bertz CT molecular complexity index is 1120. The van der Waals surface area contributed by atoms with Gasteiger partial charge in [-0.1, -0.05) is 39.0 Å². The Hall–Kier alpha value is -3.55. The molecule has 0 radical (unpaired) electrons. The summed E-state index contributed by atoms with van der Waals surface area (Å²) in [5.74, 6) is -0.114. The number of fused-ring (bicyclic) bond motifs is 1. The second kappa shape index (κ2) is 11.0. The minimum Gasteiger partial charge on any atom is -0.352 e. The van der Waals surface area contributed by atoms with Crippen molar-refractivity contribution in [1.82, 2.24) is 20.1 Å². The lowest BCUT2D eigenvalue weighted by atomic mass is 10.0. The van der Waals surface area contributed by atoms with E-state index in [4.69, 9.17) is 0 Å². The van der Waals surface area contributed by atoms with Gasteiger partial charge in [0.15, 0.2) is 5.78 Å². The highest BCUT2D eigenvalue weighted by Gasteiger charge is 2.51. The lowest BCUT2D eigenvalue weighted by molar-refractivity contribution is -0.137. The monoisotopic (exact) mass is 490 g/mol. The van der Waals surface area contributed by atoms with E-state index >= 15 is 0 Å². The van der Waals surface area contributed by atoms with Gasteiger partial charge < -0.3 is 15.1 Å². The third kappa shape index (κ3) is 5.48. The first kappa shape index (κ1) is 25.5. The summed E-state index contributed by atoms with van der Waals surface area (Å²) in [7, 11) is 0. The number of amides is 3. The predicted molar refractivity (Wildman–Crippen MR) is 135 cm³/mol. The van der Waals surface area contributed by atoms with Gasteiger partial charge in [-0.25, -0.2) is 0 Å². The molecule has 2 aromatic rings. The maximum Gasteiger partial charge on any atom is 0.273 e. The molecular weight excluding hydrogens is 456 g/mol. The van der Waals surface area contributed by atoms with Crippen LogP contribution in [-0.2, 0) is 9.59 Å². The van der Waals surface area contributed by atoms with Crippen LogP contribution in [0.15, 0.2) is 48.7 Å². The summed E-state index contributed by atoms with van der Waals surface area (Å²) in [6.07, 6.45) is 3.09. The first-order chi connectivity index (χ1) is 17.3. The van der Waals surface area contributed by atoms with Crippen molar-refractivity contribution in [3.05, 3.63) is 65.5 Å². The molecule has 8 nitrogen and oxygen atoms in total. The van der Waals surface area contributed by atoms with Crippen LogP contribution in [0.2, 0.25) is 0 Å². The summed E-state index contributed by atoms with van der Waals surface area (Å²) in [6.45, 7) is 7.13. The molecule has 190 valence electrons. The number of hydrogen-bond donors (Lipinski definition) is 1. The Morgan fingerprint density at radius 1 is 1.06 bits per heavy atom. The number of aromatic nitrogens is 1. The SMILES string of the molecule is CC(CCNC(=O)c1ccc(C(C)C)cc1)CC(=O)N1CCC2C1C(=O)CN2C(=O)c1ccccn1. The zero-order chi connectivity index (χ0) is 25.8. The van der Waals surface area contributed by atoms with Gasteiger partial charge in [0.1, 0.15) is 11.7 Å². The highest BCUT2D eigenvalue weighted by atomic mass is 16.2. The standard InChI is InChI=1S/C28H34N4O4/c1-18(2)20-7-9-21(10-8-20)27(35)30-14-11-19(3)16-25(34)31-15-12-23-26(31)24(33)17-32(23)28(36)22-6-4-5-13-29-22/h4-10,13,18-19,23,26H,11-12,14-17H2,1-3H3,(H,30,35). The van der Waals surface area contributed by atoms with Gasteiger partial charge in [0.2, 0.25) is 5.91 Å². The fourth-order valence-corrected chi connectivity index (χ4v) is 5.08. The van der Waals surface area contributed by atoms with Crippen molar-refractivity contribution in [3.8, 4) is 0 Å². The van der Waals surface area contributed by atoms with E-state index in [1.165, 1.54) is 5.56 Å². The van der Waals surface area contributed by atoms with Crippen LogP contribution in [0.5, 0.6) is 0 Å². The maximum atomic E-state index is 13.1. The van der Waals surface area contributed by atoms with E-state index in [2.05, 4.69) is 24.1 Å². The molecule has 3 heterocycles. The number of likely N-dealkylation sites (tertiary alicyclic amines) is 2. The lowest BCUT2D eigenvalue weighted by Gasteiger charge is -2.25. The molecule has 0 aliphatic carbocycles. The minimum atomic E-state index is -0.578. The molecule has 3 amide bonds. The number of rotatable bonds is 8. The number of pyridine rings is 1. The van der Waals surface area contributed by atoms with Crippen molar-refractivity contribution in [2.24, 2.45) is 5.92 Å². The zero-order valence-electron chi connectivity index (χ0n) is 21.1. The molecule has 3 atom stereocenters. The molecule has 2 aliphatic rings. The quantitative estimate of drug-likeness (QED) is 0.613. The van der Waals surface area contributed by atoms with Crippen molar-refractivity contribution in [2.75, 3.05) is 19.6 Å². The van der Waals surface area contributed by atoms with Crippen LogP contribution in [0.1, 0.15) is 72.4 Å². The maximum absolute atomic E-state index is 13.1. The molecule has 3 unspecified atom stereocenters. The molecule has 2 saturated heterocycles. The number of hydrogen-bond acceptors (Lipinski definition) is 5. The highest BCUT2D eigenvalue weighted by Crippen LogP contribution is 2.31. The van der Waals surface area contributed by atoms with Gasteiger partial charge in [0.05, 0.1) is 12.6 Å². The lowest BCUT2D eigenvalue weighted by Crippen LogP contribution is -2.44. The molecule has 0 spiro atoms. The van der Waals surface area contributed by atoms with Crippen LogP contribution in [0.3, 0.4) is 0 Å². The van der Waals surface area contributed by atoms with E-state index in [-0.39, 0.29) is 42.0 Å². The van der Waals surface area contributed by atoms with Crippen molar-refractivity contribution >= 4 is 23.5 Å². The Morgan fingerprint density at radius 3 is 2.47 bits per heavy atom. The fraction of sp³-hybridized carbons (Fsp3) is 0.464. The summed E-state index contributed by atoms with van der Waals surface area (Å²) in [6, 6.07) is 11.9. The third-order valence-corrected chi connectivity index (χ3v) is 7.17. The van der Waals surface area contributed by atoms with Crippen molar-refractivity contribution in [3.63, 3.8) is 0 Å². The van der Waals surface area contributed by atoms with Crippen molar-refractivity contribution < 1.29 is 19.2 Å². The van der Waals surface area contributed by atoms with Gasteiger partial charge >= 0.3 is 0 Å². The smallest absolute Gasteiger partial charge is 0.273 e. The number of carbonyl (C=O) groups is 4. The number of ketones is 1. The van der Waals surface area contributed by atoms with Crippen molar-refractivity contribution in [1.29, 1.82) is 0 Å². The Balaban J connectivity index is 1.26. The summed E-state index contributed by atoms with van der Waals surface area (Å²) in [5.41, 5.74) is 2.12. The van der Waals surface area contributed by atoms with Gasteiger partial charge in [-0.2, -0.15) is 0 Å². The molecule has 0 bridgehead atoms. The Labute approximate surface area is 212 Å². The summed E-state index contributed by atoms with van der Waals surface area (Å²) < 4.78 is 0. The normalized spacial score (nSPS) is 19.9. The van der Waals surface area contributed by atoms with Crippen LogP contribution in [0.25, 0.3) is 0 Å².